The second-order valence-corrected chi connectivity index (χ2v) is 4.50. The van der Waals surface area contributed by atoms with Crippen molar-refractivity contribution in [2.75, 3.05) is 24.7 Å². The van der Waals surface area contributed by atoms with E-state index in [-0.39, 0.29) is 0 Å². The van der Waals surface area contributed by atoms with Crippen molar-refractivity contribution in [3.05, 3.63) is 0 Å². The highest BCUT2D eigenvalue weighted by Crippen LogP contribution is 2.05. The fraction of sp³-hybridized carbons (Fsp3) is 0.800. The molecular formula is C5H10O3S4. The lowest BCUT2D eigenvalue weighted by molar-refractivity contribution is 0.0646. The third-order valence-electron chi connectivity index (χ3n) is 0.789. The maximum atomic E-state index is 10.7. The molecule has 0 radical (unpaired) electrons. The van der Waals surface area contributed by atoms with Crippen LogP contribution in [0.25, 0.3) is 0 Å². The van der Waals surface area contributed by atoms with Crippen molar-refractivity contribution in [3.8, 4) is 0 Å². The fourth-order valence-corrected chi connectivity index (χ4v) is 1.13. The summed E-state index contributed by atoms with van der Waals surface area (Å²) in [6.45, 7) is 0.669. The van der Waals surface area contributed by atoms with E-state index < -0.39 is 6.16 Å². The van der Waals surface area contributed by atoms with Crippen LogP contribution in [0.15, 0.2) is 0 Å². The van der Waals surface area contributed by atoms with Gasteiger partial charge in [-0.1, -0.05) is 21.6 Å². The van der Waals surface area contributed by atoms with Gasteiger partial charge in [-0.15, -0.1) is 23.3 Å². The third-order valence-corrected chi connectivity index (χ3v) is 2.58. The lowest BCUT2D eigenvalue weighted by Crippen LogP contribution is -2.10. The summed E-state index contributed by atoms with van der Waals surface area (Å²) in [4.78, 5) is 10.7. The fourth-order valence-electron chi connectivity index (χ4n) is 0.366. The van der Waals surface area contributed by atoms with Crippen LogP contribution in [0.4, 0.5) is 4.79 Å². The molecule has 0 fully saturated rings. The molecule has 0 aromatic rings. The normalized spacial score (nSPS) is 9.50. The Morgan fingerprint density at radius 2 is 1.50 bits per heavy atom. The van der Waals surface area contributed by atoms with Gasteiger partial charge in [0.15, 0.2) is 0 Å². The molecule has 0 saturated carbocycles. The summed E-state index contributed by atoms with van der Waals surface area (Å²) in [5.74, 6) is 1.33. The molecule has 0 spiro atoms. The minimum Gasteiger partial charge on any atom is -0.433 e. The summed E-state index contributed by atoms with van der Waals surface area (Å²) in [5.41, 5.74) is 0. The Balaban J connectivity index is 3.10. The molecule has 0 aliphatic rings. The van der Waals surface area contributed by atoms with E-state index >= 15 is 0 Å². The first kappa shape index (κ1) is 12.7. The number of rotatable bonds is 6. The first-order chi connectivity index (χ1) is 5.81. The van der Waals surface area contributed by atoms with E-state index in [1.165, 1.54) is 21.6 Å². The highest BCUT2D eigenvalue weighted by molar-refractivity contribution is 8.68. The number of hydrogen-bond donors (Lipinski definition) is 2. The number of carbonyl (C=O) groups is 1. The van der Waals surface area contributed by atoms with Crippen LogP contribution in [0, 0.1) is 0 Å². The van der Waals surface area contributed by atoms with Gasteiger partial charge < -0.3 is 9.47 Å². The van der Waals surface area contributed by atoms with Crippen molar-refractivity contribution < 1.29 is 14.3 Å². The van der Waals surface area contributed by atoms with Crippen LogP contribution in [0.1, 0.15) is 0 Å². The number of hydrogen-bond acceptors (Lipinski definition) is 7. The van der Waals surface area contributed by atoms with Crippen LogP contribution >= 0.6 is 44.9 Å². The minimum atomic E-state index is -0.625. The molecule has 72 valence electrons. The molecule has 0 aliphatic heterocycles. The predicted octanol–water partition coefficient (Wildman–Crippen LogP) is 2.30. The lowest BCUT2D eigenvalue weighted by Gasteiger charge is -2.03. The zero-order chi connectivity index (χ0) is 9.23. The van der Waals surface area contributed by atoms with Crippen LogP contribution in [0.2, 0.25) is 0 Å². The summed E-state index contributed by atoms with van der Waals surface area (Å²) >= 11 is 7.76. The van der Waals surface area contributed by atoms with Crippen LogP contribution in [0.5, 0.6) is 0 Å². The van der Waals surface area contributed by atoms with E-state index in [4.69, 9.17) is 0 Å². The van der Waals surface area contributed by atoms with Gasteiger partial charge in [0.1, 0.15) is 13.2 Å². The van der Waals surface area contributed by atoms with Crippen LogP contribution in [-0.2, 0) is 9.47 Å². The van der Waals surface area contributed by atoms with Gasteiger partial charge in [-0.2, -0.15) is 0 Å². The average Bonchev–Trinajstić information content (AvgIpc) is 2.06. The zero-order valence-corrected chi connectivity index (χ0v) is 9.69. The number of carbonyl (C=O) groups excluding carboxylic acids is 1. The van der Waals surface area contributed by atoms with Gasteiger partial charge in [-0.05, 0) is 0 Å². The predicted molar refractivity (Wildman–Crippen MR) is 60.2 cm³/mol. The number of ether oxygens (including phenoxy) is 2. The van der Waals surface area contributed by atoms with Gasteiger partial charge in [-0.25, -0.2) is 4.79 Å². The van der Waals surface area contributed by atoms with Crippen LogP contribution in [0.3, 0.4) is 0 Å². The quantitative estimate of drug-likeness (QED) is 0.325. The first-order valence-electron chi connectivity index (χ1n) is 3.13. The van der Waals surface area contributed by atoms with E-state index in [0.29, 0.717) is 24.7 Å². The van der Waals surface area contributed by atoms with Gasteiger partial charge in [0.05, 0.1) is 0 Å². The maximum absolute atomic E-state index is 10.7. The Bertz CT molecular complexity index is 109. The van der Waals surface area contributed by atoms with Crippen LogP contribution in [-0.4, -0.2) is 30.9 Å². The topological polar surface area (TPSA) is 35.5 Å². The molecule has 0 amide bonds. The molecule has 0 bridgehead atoms. The molecule has 0 atom stereocenters. The zero-order valence-electron chi connectivity index (χ0n) is 6.26. The van der Waals surface area contributed by atoms with E-state index in [9.17, 15) is 4.79 Å². The molecule has 0 heterocycles. The highest BCUT2D eigenvalue weighted by Gasteiger charge is 2.01. The Morgan fingerprint density at radius 3 is 1.83 bits per heavy atom. The Kier molecular flexibility index (Phi) is 10.3. The smallest absolute Gasteiger partial charge is 0.433 e. The molecule has 0 aromatic carbocycles. The Morgan fingerprint density at radius 1 is 1.08 bits per heavy atom. The van der Waals surface area contributed by atoms with E-state index in [1.54, 1.807) is 0 Å². The van der Waals surface area contributed by atoms with Gasteiger partial charge in [0.2, 0.25) is 0 Å². The van der Waals surface area contributed by atoms with Crippen molar-refractivity contribution in [1.82, 2.24) is 0 Å². The summed E-state index contributed by atoms with van der Waals surface area (Å²) in [6.07, 6.45) is -0.625. The van der Waals surface area contributed by atoms with E-state index in [0.717, 1.165) is 0 Å². The molecule has 0 aliphatic carbocycles. The molecule has 0 rings (SSSR count). The van der Waals surface area contributed by atoms with Crippen molar-refractivity contribution in [2.45, 2.75) is 0 Å². The summed E-state index contributed by atoms with van der Waals surface area (Å²) in [7, 11) is 2.63. The molecule has 0 N–H and O–H groups in total. The van der Waals surface area contributed by atoms with E-state index in [2.05, 4.69) is 32.8 Å². The summed E-state index contributed by atoms with van der Waals surface area (Å²) in [5, 5.41) is 0. The average molecular weight is 246 g/mol. The van der Waals surface area contributed by atoms with Crippen molar-refractivity contribution >= 4 is 51.1 Å². The second-order valence-electron chi connectivity index (χ2n) is 1.61. The standard InChI is InChI=1S/C5H10O3S4/c6-5(7-1-3-11-9)8-2-4-12-10/h9-10H,1-4H2. The monoisotopic (exact) mass is 246 g/mol. The second kappa shape index (κ2) is 9.76. The van der Waals surface area contributed by atoms with Crippen molar-refractivity contribution in [1.29, 1.82) is 0 Å². The molecule has 12 heavy (non-hydrogen) atoms. The molecule has 0 unspecified atom stereocenters. The van der Waals surface area contributed by atoms with Gasteiger partial charge in [0.25, 0.3) is 0 Å². The van der Waals surface area contributed by atoms with Gasteiger partial charge >= 0.3 is 6.16 Å². The molecule has 0 saturated heterocycles. The Labute approximate surface area is 89.9 Å². The molecule has 3 nitrogen and oxygen atoms in total. The highest BCUT2D eigenvalue weighted by atomic mass is 33.1. The number of thiol groups is 2. The maximum Gasteiger partial charge on any atom is 0.508 e. The Hall–Kier alpha value is 0.670. The minimum absolute atomic E-state index is 0.334. The summed E-state index contributed by atoms with van der Waals surface area (Å²) in [6, 6.07) is 0. The van der Waals surface area contributed by atoms with Gasteiger partial charge in [-0.3, -0.25) is 0 Å². The SMILES string of the molecule is O=C(OCCSS)OCCSS. The molecule has 0 aromatic heterocycles. The van der Waals surface area contributed by atoms with Gasteiger partial charge in [0, 0.05) is 11.5 Å². The van der Waals surface area contributed by atoms with Crippen LogP contribution < -0.4 is 0 Å². The van der Waals surface area contributed by atoms with Crippen molar-refractivity contribution in [3.63, 3.8) is 0 Å². The first-order valence-corrected chi connectivity index (χ1v) is 7.21. The lowest BCUT2D eigenvalue weighted by atomic mass is 10.8. The molecule has 7 heteroatoms. The summed E-state index contributed by atoms with van der Waals surface area (Å²) < 4.78 is 9.33. The van der Waals surface area contributed by atoms with E-state index in [1.807, 2.05) is 0 Å². The molecular weight excluding hydrogens is 236 g/mol. The largest absolute Gasteiger partial charge is 0.508 e. The third kappa shape index (κ3) is 8.76. The van der Waals surface area contributed by atoms with Crippen molar-refractivity contribution in [2.24, 2.45) is 0 Å².